The molecular formula is C39H46O18. The first-order chi connectivity index (χ1) is 26.5. The molecule has 3 aliphatic heterocycles. The average molecular weight is 803 g/mol. The number of carbonyl (C=O) groups is 6. The van der Waals surface area contributed by atoms with Crippen LogP contribution in [0.3, 0.4) is 0 Å². The Kier molecular flexibility index (Phi) is 7.37. The molecule has 1 spiro atoms. The van der Waals surface area contributed by atoms with E-state index in [9.17, 15) is 39.0 Å². The molecule has 18 nitrogen and oxygen atoms in total. The van der Waals surface area contributed by atoms with Gasteiger partial charge in [-0.25, -0.2) is 4.79 Å². The predicted molar refractivity (Wildman–Crippen MR) is 180 cm³/mol. The molecule has 0 amide bonds. The third kappa shape index (κ3) is 3.70. The van der Waals surface area contributed by atoms with Crippen LogP contribution < -0.4 is 0 Å². The average Bonchev–Trinajstić information content (AvgIpc) is 3.47. The molecule has 310 valence electrons. The maximum Gasteiger partial charge on any atom is 0.348 e. The maximum absolute atomic E-state index is 14.6. The van der Waals surface area contributed by atoms with E-state index in [4.69, 9.17) is 47.0 Å². The minimum atomic E-state index is -2.43. The van der Waals surface area contributed by atoms with Gasteiger partial charge in [-0.15, -0.1) is 0 Å². The molecule has 57 heavy (non-hydrogen) atoms. The fourth-order valence-electron chi connectivity index (χ4n) is 14.0. The standard InChI is InChI=1S/C39H46O18/c1-16(2)27(45)54-37-29(52-19(5)42)31(6)14-36(37,47)32(7,21(31)12-22(43)48-9)38-23(44)25(50-17(3)40)34-15-35(34,39(38)30(37)55-33(8,56-38)57-39)26(51-18(4)41)28(46)53-24(34)20-10-11-49-13-20/h10-11,13,16,21,23-26,29-30,44,47H,12,14-15H2,1-9H3/t21-,23+,24-,25-,26-,29-,30+,31-,32+,33?,34+,35+,36+,37-,38-,39-/m0/s1. The lowest BCUT2D eigenvalue weighted by molar-refractivity contribution is -0.470. The lowest BCUT2D eigenvalue weighted by Gasteiger charge is -2.77. The molecule has 0 aromatic carbocycles. The molecule has 8 fully saturated rings. The zero-order valence-electron chi connectivity index (χ0n) is 32.9. The van der Waals surface area contributed by atoms with Crippen molar-refractivity contribution < 1.29 is 86.0 Å². The molecule has 5 aliphatic carbocycles. The van der Waals surface area contributed by atoms with E-state index in [0.717, 1.165) is 20.8 Å². The fraction of sp³-hybridized carbons (Fsp3) is 0.744. The fourth-order valence-corrected chi connectivity index (χ4v) is 14.0. The van der Waals surface area contributed by atoms with Crippen LogP contribution in [0.4, 0.5) is 0 Å². The third-order valence-electron chi connectivity index (χ3n) is 15.3. The Balaban J connectivity index is 1.45. The Hall–Kier alpha value is -4.10. The van der Waals surface area contributed by atoms with E-state index >= 15 is 0 Å². The van der Waals surface area contributed by atoms with Crippen molar-refractivity contribution in [3.05, 3.63) is 24.2 Å². The Morgan fingerprint density at radius 3 is 2.18 bits per heavy atom. The Bertz CT molecular complexity index is 2030. The summed E-state index contributed by atoms with van der Waals surface area (Å²) in [4.78, 5) is 82.0. The predicted octanol–water partition coefficient (Wildman–Crippen LogP) is 1.31. The van der Waals surface area contributed by atoms with Crippen molar-refractivity contribution in [1.29, 1.82) is 0 Å². The number of carbonyl (C=O) groups excluding carboxylic acids is 6. The third-order valence-corrected chi connectivity index (χ3v) is 15.3. The summed E-state index contributed by atoms with van der Waals surface area (Å²) in [6.07, 6.45) is -8.61. The molecule has 0 radical (unpaired) electrons. The van der Waals surface area contributed by atoms with Gasteiger partial charge < -0.3 is 57.3 Å². The molecule has 4 bridgehead atoms. The van der Waals surface area contributed by atoms with Crippen LogP contribution in [0.5, 0.6) is 0 Å². The van der Waals surface area contributed by atoms with Crippen molar-refractivity contribution in [1.82, 2.24) is 0 Å². The minimum Gasteiger partial charge on any atom is -0.472 e. The van der Waals surface area contributed by atoms with Gasteiger partial charge >= 0.3 is 35.8 Å². The number of cyclic esters (lactones) is 1. The summed E-state index contributed by atoms with van der Waals surface area (Å²) in [6, 6.07) is 1.52. The van der Waals surface area contributed by atoms with Crippen molar-refractivity contribution in [3.63, 3.8) is 0 Å². The van der Waals surface area contributed by atoms with Crippen molar-refractivity contribution in [2.75, 3.05) is 7.11 Å². The zero-order chi connectivity index (χ0) is 41.5. The topological polar surface area (TPSA) is 239 Å². The van der Waals surface area contributed by atoms with Gasteiger partial charge in [0.25, 0.3) is 5.97 Å². The largest absolute Gasteiger partial charge is 0.472 e. The van der Waals surface area contributed by atoms with Gasteiger partial charge in [-0.2, -0.15) is 0 Å². The van der Waals surface area contributed by atoms with Gasteiger partial charge in [-0.3, -0.25) is 24.0 Å². The minimum absolute atomic E-state index is 0.241. The molecule has 8 aliphatic rings. The summed E-state index contributed by atoms with van der Waals surface area (Å²) in [6.45, 7) is 11.1. The summed E-state index contributed by atoms with van der Waals surface area (Å²) in [5.41, 5.74) is -16.4. The normalized spacial score (nSPS) is 51.2. The van der Waals surface area contributed by atoms with E-state index in [1.807, 2.05) is 0 Å². The molecule has 9 rings (SSSR count). The van der Waals surface area contributed by atoms with Crippen molar-refractivity contribution in [3.8, 4) is 0 Å². The highest BCUT2D eigenvalue weighted by Crippen LogP contribution is 2.96. The van der Waals surface area contributed by atoms with Crippen LogP contribution in [0.25, 0.3) is 0 Å². The van der Waals surface area contributed by atoms with E-state index < -0.39 is 141 Å². The van der Waals surface area contributed by atoms with Crippen LogP contribution in [-0.4, -0.2) is 112 Å². The number of aliphatic hydroxyl groups is 2. The number of aliphatic hydroxyl groups excluding tert-OH is 1. The molecule has 3 saturated heterocycles. The SMILES string of the molecule is COC(=O)C[C@H]1[C@]2(C)C[C@]3(O)[C@@](OC(=O)C(C)C)([C@H]4OC5(C)O[C@@]6([C@H](O)[C@H](OC(C)=O)[C@]78C[C@]7([C@@H](OC(C)=O)C(=O)O[C@H]8c7ccoc7)[C@@]46O5)[C@]13C)[C@H]2OC(C)=O. The second kappa shape index (κ2) is 10.9. The van der Waals surface area contributed by atoms with Crippen molar-refractivity contribution >= 4 is 35.8 Å². The zero-order valence-corrected chi connectivity index (χ0v) is 32.9. The number of esters is 6. The highest BCUT2D eigenvalue weighted by molar-refractivity contribution is 5.84. The van der Waals surface area contributed by atoms with Crippen molar-refractivity contribution in [2.45, 2.75) is 140 Å². The first-order valence-electron chi connectivity index (χ1n) is 19.0. The second-order valence-electron chi connectivity index (χ2n) is 18.0. The molecular weight excluding hydrogens is 756 g/mol. The quantitative estimate of drug-likeness (QED) is 0.278. The monoisotopic (exact) mass is 802 g/mol. The number of methoxy groups -OCH3 is 1. The van der Waals surface area contributed by atoms with Crippen molar-refractivity contribution in [2.24, 2.45) is 33.5 Å². The van der Waals surface area contributed by atoms with Crippen LogP contribution >= 0.6 is 0 Å². The molecule has 5 saturated carbocycles. The first-order valence-corrected chi connectivity index (χ1v) is 19.0. The smallest absolute Gasteiger partial charge is 0.348 e. The van der Waals surface area contributed by atoms with Gasteiger partial charge in [0.05, 0.1) is 36.4 Å². The number of fused-ring (bicyclic) bond motifs is 3. The summed E-state index contributed by atoms with van der Waals surface area (Å²) >= 11 is 0. The Morgan fingerprint density at radius 2 is 1.60 bits per heavy atom. The first kappa shape index (κ1) is 38.4. The van der Waals surface area contributed by atoms with Gasteiger partial charge in [0.15, 0.2) is 6.10 Å². The summed E-state index contributed by atoms with van der Waals surface area (Å²) in [5.74, 6) is -9.40. The Labute approximate surface area is 326 Å². The molecule has 16 atom stereocenters. The number of furan rings is 1. The molecule has 18 heteroatoms. The van der Waals surface area contributed by atoms with Crippen LogP contribution in [0.1, 0.15) is 86.3 Å². The molecule has 1 aromatic rings. The summed E-state index contributed by atoms with van der Waals surface area (Å²) < 4.78 is 62.4. The highest BCUT2D eigenvalue weighted by Gasteiger charge is 3.11. The lowest BCUT2D eigenvalue weighted by Crippen LogP contribution is -2.97. The Morgan fingerprint density at radius 1 is 0.947 bits per heavy atom. The van der Waals surface area contributed by atoms with Crippen LogP contribution in [-0.2, 0) is 71.4 Å². The van der Waals surface area contributed by atoms with Gasteiger partial charge in [0.2, 0.25) is 11.7 Å². The van der Waals surface area contributed by atoms with Gasteiger partial charge in [0, 0.05) is 50.5 Å². The van der Waals surface area contributed by atoms with Crippen LogP contribution in [0.2, 0.25) is 0 Å². The van der Waals surface area contributed by atoms with Gasteiger partial charge in [-0.05, 0) is 24.8 Å². The number of hydrogen-bond donors (Lipinski definition) is 2. The van der Waals surface area contributed by atoms with E-state index in [1.54, 1.807) is 27.7 Å². The summed E-state index contributed by atoms with van der Waals surface area (Å²) in [5, 5.41) is 27.4. The maximum atomic E-state index is 14.6. The highest BCUT2D eigenvalue weighted by atomic mass is 17.0. The van der Waals surface area contributed by atoms with Crippen LogP contribution in [0.15, 0.2) is 23.0 Å². The van der Waals surface area contributed by atoms with Gasteiger partial charge in [0.1, 0.15) is 41.2 Å². The second-order valence-corrected chi connectivity index (χ2v) is 18.0. The molecule has 1 unspecified atom stereocenters. The molecule has 2 N–H and O–H groups in total. The lowest BCUT2D eigenvalue weighted by atomic mass is 9.33. The van der Waals surface area contributed by atoms with Crippen LogP contribution in [0, 0.1) is 33.5 Å². The summed E-state index contributed by atoms with van der Waals surface area (Å²) in [7, 11) is 1.17. The van der Waals surface area contributed by atoms with Gasteiger partial charge in [-0.1, -0.05) is 27.7 Å². The molecule has 1 aromatic heterocycles. The van der Waals surface area contributed by atoms with E-state index in [-0.39, 0.29) is 18.4 Å². The van der Waals surface area contributed by atoms with E-state index in [1.165, 1.54) is 32.6 Å². The molecule has 4 heterocycles. The number of rotatable bonds is 8. The van der Waals surface area contributed by atoms with E-state index in [0.29, 0.717) is 0 Å². The number of ether oxygens (including phenoxy) is 9. The number of hydrogen-bond acceptors (Lipinski definition) is 18. The van der Waals surface area contributed by atoms with E-state index in [2.05, 4.69) is 0 Å².